The minimum Gasteiger partial charge on any atom is -0.467 e. The third-order valence-electron chi connectivity index (χ3n) is 3.15. The first-order valence-corrected chi connectivity index (χ1v) is 6.65. The van der Waals surface area contributed by atoms with Crippen molar-refractivity contribution in [3.8, 4) is 0 Å². The van der Waals surface area contributed by atoms with Gasteiger partial charge < -0.3 is 4.42 Å². The lowest BCUT2D eigenvalue weighted by molar-refractivity contribution is 0.451. The highest BCUT2D eigenvalue weighted by molar-refractivity contribution is 7.17. The van der Waals surface area contributed by atoms with Crippen molar-refractivity contribution >= 4 is 21.4 Å². The second kappa shape index (κ2) is 4.57. The second-order valence-corrected chi connectivity index (χ2v) is 5.17. The van der Waals surface area contributed by atoms with E-state index in [-0.39, 0.29) is 6.04 Å². The molecule has 92 valence electrons. The number of hydrazine groups is 1. The molecule has 0 saturated heterocycles. The molecule has 0 amide bonds. The molecule has 0 aliphatic carbocycles. The summed E-state index contributed by atoms with van der Waals surface area (Å²) in [5.41, 5.74) is 5.12. The number of rotatable bonds is 3. The van der Waals surface area contributed by atoms with E-state index in [0.717, 1.165) is 16.9 Å². The number of hydrogen-bond donors (Lipinski definition) is 2. The number of fused-ring (bicyclic) bond motifs is 1. The zero-order chi connectivity index (χ0) is 12.5. The topological polar surface area (TPSA) is 51.2 Å². The first-order chi connectivity index (χ1) is 8.81. The Labute approximate surface area is 109 Å². The summed E-state index contributed by atoms with van der Waals surface area (Å²) in [5.74, 6) is 6.59. The van der Waals surface area contributed by atoms with Gasteiger partial charge in [0.1, 0.15) is 11.8 Å². The van der Waals surface area contributed by atoms with Crippen molar-refractivity contribution in [1.29, 1.82) is 0 Å². The van der Waals surface area contributed by atoms with Gasteiger partial charge in [0.15, 0.2) is 0 Å². The molecule has 3 rings (SSSR count). The summed E-state index contributed by atoms with van der Waals surface area (Å²) in [6, 6.07) is 10.2. The number of nitrogens with one attached hydrogen (secondary N) is 1. The van der Waals surface area contributed by atoms with Gasteiger partial charge >= 0.3 is 0 Å². The Bertz CT molecular complexity index is 671. The van der Waals surface area contributed by atoms with E-state index >= 15 is 0 Å². The van der Waals surface area contributed by atoms with Gasteiger partial charge in [-0.2, -0.15) is 0 Å². The third-order valence-corrected chi connectivity index (χ3v) is 4.13. The molecule has 0 bridgehead atoms. The average Bonchev–Trinajstić information content (AvgIpc) is 3.00. The highest BCUT2D eigenvalue weighted by Gasteiger charge is 2.20. The van der Waals surface area contributed by atoms with Gasteiger partial charge in [-0.05, 0) is 40.9 Å². The van der Waals surface area contributed by atoms with Gasteiger partial charge in [-0.3, -0.25) is 5.84 Å². The Morgan fingerprint density at radius 1 is 1.28 bits per heavy atom. The fourth-order valence-electron chi connectivity index (χ4n) is 2.23. The van der Waals surface area contributed by atoms with Crippen LogP contribution in [0.5, 0.6) is 0 Å². The molecule has 0 aliphatic rings. The largest absolute Gasteiger partial charge is 0.467 e. The number of nitrogens with two attached hydrogens (primary N) is 1. The third kappa shape index (κ3) is 1.75. The van der Waals surface area contributed by atoms with Crippen LogP contribution in [0.25, 0.3) is 10.1 Å². The first-order valence-electron chi connectivity index (χ1n) is 5.77. The molecule has 0 radical (unpaired) electrons. The summed E-state index contributed by atoms with van der Waals surface area (Å²) in [5, 5.41) is 3.33. The standard InChI is InChI=1S/C14H14N2OS/c1-9-5-7-17-13(9)12(16-15)11-4-2-3-10-6-8-18-14(10)11/h2-8,12,16H,15H2,1H3. The molecule has 3 aromatic rings. The van der Waals surface area contributed by atoms with Crippen LogP contribution in [0.2, 0.25) is 0 Å². The SMILES string of the molecule is Cc1ccoc1C(NN)c1cccc2ccsc12. The molecule has 1 atom stereocenters. The van der Waals surface area contributed by atoms with Crippen LogP contribution in [0.4, 0.5) is 0 Å². The summed E-state index contributed by atoms with van der Waals surface area (Å²) < 4.78 is 6.81. The van der Waals surface area contributed by atoms with Crippen molar-refractivity contribution in [3.05, 3.63) is 58.9 Å². The number of hydrogen-bond acceptors (Lipinski definition) is 4. The molecule has 0 aliphatic heterocycles. The monoisotopic (exact) mass is 258 g/mol. The van der Waals surface area contributed by atoms with Gasteiger partial charge in [0.25, 0.3) is 0 Å². The van der Waals surface area contributed by atoms with Gasteiger partial charge in [-0.15, -0.1) is 11.3 Å². The first kappa shape index (κ1) is 11.5. The average molecular weight is 258 g/mol. The van der Waals surface area contributed by atoms with Crippen LogP contribution in [-0.2, 0) is 0 Å². The number of aryl methyl sites for hydroxylation is 1. The number of benzene rings is 1. The van der Waals surface area contributed by atoms with Gasteiger partial charge in [0.05, 0.1) is 6.26 Å². The maximum atomic E-state index is 5.72. The quantitative estimate of drug-likeness (QED) is 0.559. The highest BCUT2D eigenvalue weighted by Crippen LogP contribution is 2.33. The fourth-order valence-corrected chi connectivity index (χ4v) is 3.18. The molecule has 0 spiro atoms. The van der Waals surface area contributed by atoms with E-state index in [1.165, 1.54) is 10.1 Å². The molecule has 1 unspecified atom stereocenters. The fraction of sp³-hybridized carbons (Fsp3) is 0.143. The lowest BCUT2D eigenvalue weighted by Gasteiger charge is -2.15. The molecule has 2 aromatic heterocycles. The van der Waals surface area contributed by atoms with Crippen LogP contribution in [0.3, 0.4) is 0 Å². The van der Waals surface area contributed by atoms with Crippen molar-refractivity contribution in [2.45, 2.75) is 13.0 Å². The molecular weight excluding hydrogens is 244 g/mol. The van der Waals surface area contributed by atoms with Crippen LogP contribution in [0.15, 0.2) is 46.4 Å². The van der Waals surface area contributed by atoms with E-state index in [9.17, 15) is 0 Å². The lowest BCUT2D eigenvalue weighted by atomic mass is 10.0. The summed E-state index contributed by atoms with van der Waals surface area (Å²) in [4.78, 5) is 0. The van der Waals surface area contributed by atoms with Gasteiger partial charge in [0.2, 0.25) is 0 Å². The molecule has 0 saturated carbocycles. The Morgan fingerprint density at radius 2 is 2.17 bits per heavy atom. The Balaban J connectivity index is 2.17. The van der Waals surface area contributed by atoms with Crippen LogP contribution in [-0.4, -0.2) is 0 Å². The summed E-state index contributed by atoms with van der Waals surface area (Å²) in [6.45, 7) is 2.03. The van der Waals surface area contributed by atoms with E-state index in [1.54, 1.807) is 17.6 Å². The molecule has 2 heterocycles. The lowest BCUT2D eigenvalue weighted by Crippen LogP contribution is -2.29. The summed E-state index contributed by atoms with van der Waals surface area (Å²) in [6.07, 6.45) is 1.70. The molecule has 0 fully saturated rings. The molecular formula is C14H14N2OS. The van der Waals surface area contributed by atoms with Crippen molar-refractivity contribution in [2.75, 3.05) is 0 Å². The second-order valence-electron chi connectivity index (χ2n) is 4.25. The Hall–Kier alpha value is -1.62. The number of thiophene rings is 1. The smallest absolute Gasteiger partial charge is 0.129 e. The van der Waals surface area contributed by atoms with Crippen LogP contribution < -0.4 is 11.3 Å². The van der Waals surface area contributed by atoms with Gasteiger partial charge in [-0.1, -0.05) is 18.2 Å². The van der Waals surface area contributed by atoms with Crippen LogP contribution in [0, 0.1) is 6.92 Å². The normalized spacial score (nSPS) is 13.0. The predicted octanol–water partition coefficient (Wildman–Crippen LogP) is 3.36. The van der Waals surface area contributed by atoms with Crippen molar-refractivity contribution in [1.82, 2.24) is 5.43 Å². The van der Waals surface area contributed by atoms with E-state index in [1.807, 2.05) is 19.1 Å². The maximum Gasteiger partial charge on any atom is 0.129 e. The molecule has 4 heteroatoms. The van der Waals surface area contributed by atoms with E-state index in [2.05, 4.69) is 29.0 Å². The zero-order valence-electron chi connectivity index (χ0n) is 10.0. The van der Waals surface area contributed by atoms with Crippen molar-refractivity contribution in [2.24, 2.45) is 5.84 Å². The van der Waals surface area contributed by atoms with E-state index < -0.39 is 0 Å². The highest BCUT2D eigenvalue weighted by atomic mass is 32.1. The number of furan rings is 1. The maximum absolute atomic E-state index is 5.72. The van der Waals surface area contributed by atoms with Gasteiger partial charge in [0, 0.05) is 4.70 Å². The molecule has 18 heavy (non-hydrogen) atoms. The van der Waals surface area contributed by atoms with Crippen LogP contribution in [0.1, 0.15) is 22.9 Å². The minimum absolute atomic E-state index is 0.109. The van der Waals surface area contributed by atoms with E-state index in [0.29, 0.717) is 0 Å². The van der Waals surface area contributed by atoms with Crippen LogP contribution >= 0.6 is 11.3 Å². The predicted molar refractivity (Wildman–Crippen MR) is 74.4 cm³/mol. The van der Waals surface area contributed by atoms with Gasteiger partial charge in [-0.25, -0.2) is 5.43 Å². The molecule has 3 nitrogen and oxygen atoms in total. The Kier molecular flexibility index (Phi) is 2.91. The molecule has 3 N–H and O–H groups in total. The summed E-state index contributed by atoms with van der Waals surface area (Å²) >= 11 is 1.72. The molecule has 1 aromatic carbocycles. The van der Waals surface area contributed by atoms with Crippen molar-refractivity contribution in [3.63, 3.8) is 0 Å². The minimum atomic E-state index is -0.109. The van der Waals surface area contributed by atoms with E-state index in [4.69, 9.17) is 10.3 Å². The summed E-state index contributed by atoms with van der Waals surface area (Å²) in [7, 11) is 0. The van der Waals surface area contributed by atoms with Crippen molar-refractivity contribution < 1.29 is 4.42 Å². The Morgan fingerprint density at radius 3 is 2.89 bits per heavy atom. The zero-order valence-corrected chi connectivity index (χ0v) is 10.8.